The van der Waals surface area contributed by atoms with Gasteiger partial charge in [0.05, 0.1) is 11.4 Å². The maximum absolute atomic E-state index is 12.4. The lowest BCUT2D eigenvalue weighted by Crippen LogP contribution is -2.21. The van der Waals surface area contributed by atoms with E-state index in [1.165, 1.54) is 4.68 Å². The number of carbonyl (C=O) groups excluding carboxylic acids is 2. The van der Waals surface area contributed by atoms with Crippen LogP contribution in [-0.4, -0.2) is 28.3 Å². The quantitative estimate of drug-likeness (QED) is 0.677. The van der Waals surface area contributed by atoms with Gasteiger partial charge in [0.15, 0.2) is 6.61 Å². The van der Waals surface area contributed by atoms with Crippen LogP contribution in [0.2, 0.25) is 5.15 Å². The number of esters is 1. The molecule has 0 spiro atoms. The van der Waals surface area contributed by atoms with E-state index in [0.717, 1.165) is 11.3 Å². The second-order valence-corrected chi connectivity index (χ2v) is 6.30. The zero-order valence-electron chi connectivity index (χ0n) is 14.9. The summed E-state index contributed by atoms with van der Waals surface area (Å²) in [6.07, 6.45) is 0. The van der Waals surface area contributed by atoms with E-state index >= 15 is 0 Å². The van der Waals surface area contributed by atoms with E-state index in [-0.39, 0.29) is 10.7 Å². The van der Waals surface area contributed by atoms with Gasteiger partial charge in [-0.2, -0.15) is 5.10 Å². The zero-order valence-corrected chi connectivity index (χ0v) is 15.7. The van der Waals surface area contributed by atoms with E-state index in [1.54, 1.807) is 13.0 Å². The molecule has 0 aliphatic rings. The van der Waals surface area contributed by atoms with Gasteiger partial charge in [0.1, 0.15) is 10.7 Å². The van der Waals surface area contributed by atoms with Crippen LogP contribution in [0.1, 0.15) is 21.6 Å². The van der Waals surface area contributed by atoms with Crippen molar-refractivity contribution in [3.05, 3.63) is 76.6 Å². The minimum absolute atomic E-state index is 0.142. The molecule has 1 amide bonds. The number of aromatic nitrogens is 2. The number of halogens is 1. The molecule has 27 heavy (non-hydrogen) atoms. The van der Waals surface area contributed by atoms with E-state index in [0.29, 0.717) is 11.4 Å². The van der Waals surface area contributed by atoms with Crippen molar-refractivity contribution in [2.24, 2.45) is 0 Å². The van der Waals surface area contributed by atoms with Crippen molar-refractivity contribution in [1.29, 1.82) is 0 Å². The highest BCUT2D eigenvalue weighted by atomic mass is 35.5. The fourth-order valence-corrected chi connectivity index (χ4v) is 2.92. The predicted molar refractivity (Wildman–Crippen MR) is 103 cm³/mol. The van der Waals surface area contributed by atoms with Gasteiger partial charge in [0, 0.05) is 5.69 Å². The summed E-state index contributed by atoms with van der Waals surface area (Å²) in [5, 5.41) is 7.14. The Morgan fingerprint density at radius 3 is 2.44 bits per heavy atom. The molecule has 0 bridgehead atoms. The number of para-hydroxylation sites is 2. The molecule has 3 aromatic rings. The van der Waals surface area contributed by atoms with Gasteiger partial charge in [-0.05, 0) is 37.6 Å². The molecule has 0 saturated heterocycles. The molecular formula is C20H18ClN3O3. The van der Waals surface area contributed by atoms with Crippen molar-refractivity contribution < 1.29 is 14.3 Å². The molecule has 7 heteroatoms. The van der Waals surface area contributed by atoms with Gasteiger partial charge in [-0.1, -0.05) is 48.0 Å². The van der Waals surface area contributed by atoms with Gasteiger partial charge in [-0.3, -0.25) is 4.79 Å². The number of benzene rings is 2. The first-order chi connectivity index (χ1) is 13.0. The van der Waals surface area contributed by atoms with Gasteiger partial charge in [-0.25, -0.2) is 9.48 Å². The van der Waals surface area contributed by atoms with Crippen LogP contribution in [0, 0.1) is 13.8 Å². The SMILES string of the molecule is Cc1ccccc1NC(=O)COC(=O)c1c(C)nn(-c2ccccc2)c1Cl. The summed E-state index contributed by atoms with van der Waals surface area (Å²) in [6.45, 7) is 3.12. The second-order valence-electron chi connectivity index (χ2n) is 5.94. The minimum atomic E-state index is -0.695. The summed E-state index contributed by atoms with van der Waals surface area (Å²) in [6, 6.07) is 16.5. The molecule has 0 radical (unpaired) electrons. The standard InChI is InChI=1S/C20H18ClN3O3/c1-13-8-6-7-11-16(13)22-17(25)12-27-20(26)18-14(2)23-24(19(18)21)15-9-4-3-5-10-15/h3-11H,12H2,1-2H3,(H,22,25). The Bertz CT molecular complexity index is 983. The van der Waals surface area contributed by atoms with Crippen molar-refractivity contribution >= 4 is 29.2 Å². The number of rotatable bonds is 5. The van der Waals surface area contributed by atoms with E-state index in [2.05, 4.69) is 10.4 Å². The fourth-order valence-electron chi connectivity index (χ4n) is 2.57. The highest BCUT2D eigenvalue weighted by molar-refractivity contribution is 6.33. The molecule has 138 valence electrons. The Labute approximate surface area is 161 Å². The molecule has 6 nitrogen and oxygen atoms in total. The van der Waals surface area contributed by atoms with Crippen LogP contribution in [0.3, 0.4) is 0 Å². The molecule has 0 saturated carbocycles. The summed E-state index contributed by atoms with van der Waals surface area (Å²) in [7, 11) is 0. The van der Waals surface area contributed by atoms with Gasteiger partial charge in [0.2, 0.25) is 0 Å². The largest absolute Gasteiger partial charge is 0.452 e. The summed E-state index contributed by atoms with van der Waals surface area (Å²) < 4.78 is 6.58. The van der Waals surface area contributed by atoms with Gasteiger partial charge >= 0.3 is 5.97 Å². The topological polar surface area (TPSA) is 73.2 Å². The maximum Gasteiger partial charge on any atom is 0.343 e. The Morgan fingerprint density at radius 1 is 1.07 bits per heavy atom. The van der Waals surface area contributed by atoms with E-state index in [9.17, 15) is 9.59 Å². The van der Waals surface area contributed by atoms with Crippen molar-refractivity contribution in [3.63, 3.8) is 0 Å². The van der Waals surface area contributed by atoms with Crippen LogP contribution in [0.4, 0.5) is 5.69 Å². The number of carbonyl (C=O) groups is 2. The Balaban J connectivity index is 1.69. The number of anilines is 1. The first-order valence-corrected chi connectivity index (χ1v) is 8.68. The first-order valence-electron chi connectivity index (χ1n) is 8.30. The summed E-state index contributed by atoms with van der Waals surface area (Å²) in [4.78, 5) is 24.5. The highest BCUT2D eigenvalue weighted by Crippen LogP contribution is 2.24. The second kappa shape index (κ2) is 8.05. The summed E-state index contributed by atoms with van der Waals surface area (Å²) in [5.74, 6) is -1.12. The zero-order chi connectivity index (χ0) is 19.4. The van der Waals surface area contributed by atoms with E-state index in [1.807, 2.05) is 55.5 Å². The molecule has 2 aromatic carbocycles. The lowest BCUT2D eigenvalue weighted by molar-refractivity contribution is -0.119. The van der Waals surface area contributed by atoms with Crippen molar-refractivity contribution in [1.82, 2.24) is 9.78 Å². The molecule has 1 heterocycles. The molecular weight excluding hydrogens is 366 g/mol. The molecule has 3 rings (SSSR count). The summed E-state index contributed by atoms with van der Waals surface area (Å²) in [5.41, 5.74) is 2.88. The Hall–Kier alpha value is -3.12. The molecule has 0 aliphatic heterocycles. The summed E-state index contributed by atoms with van der Waals surface area (Å²) >= 11 is 6.32. The predicted octanol–water partition coefficient (Wildman–Crippen LogP) is 3.94. The molecule has 1 aromatic heterocycles. The minimum Gasteiger partial charge on any atom is -0.452 e. The fraction of sp³-hybridized carbons (Fsp3) is 0.150. The molecule has 1 N–H and O–H groups in total. The third-order valence-corrected chi connectivity index (χ3v) is 4.31. The van der Waals surface area contributed by atoms with Crippen LogP contribution in [0.15, 0.2) is 54.6 Å². The van der Waals surface area contributed by atoms with E-state index < -0.39 is 18.5 Å². The van der Waals surface area contributed by atoms with Crippen molar-refractivity contribution in [2.45, 2.75) is 13.8 Å². The lowest BCUT2D eigenvalue weighted by atomic mass is 10.2. The Kier molecular flexibility index (Phi) is 5.57. The Morgan fingerprint density at radius 2 is 1.74 bits per heavy atom. The highest BCUT2D eigenvalue weighted by Gasteiger charge is 2.23. The number of hydrogen-bond acceptors (Lipinski definition) is 4. The van der Waals surface area contributed by atoms with Gasteiger partial charge < -0.3 is 10.1 Å². The molecule has 0 fully saturated rings. The third kappa shape index (κ3) is 4.17. The lowest BCUT2D eigenvalue weighted by Gasteiger charge is -2.08. The molecule has 0 unspecified atom stereocenters. The normalized spacial score (nSPS) is 10.5. The first kappa shape index (κ1) is 18.7. The number of hydrogen-bond donors (Lipinski definition) is 1. The number of aryl methyl sites for hydroxylation is 2. The van der Waals surface area contributed by atoms with Crippen molar-refractivity contribution in [2.75, 3.05) is 11.9 Å². The third-order valence-electron chi connectivity index (χ3n) is 3.96. The smallest absolute Gasteiger partial charge is 0.343 e. The van der Waals surface area contributed by atoms with E-state index in [4.69, 9.17) is 16.3 Å². The number of nitrogens with zero attached hydrogens (tertiary/aromatic N) is 2. The molecule has 0 aliphatic carbocycles. The van der Waals surface area contributed by atoms with Crippen LogP contribution in [0.5, 0.6) is 0 Å². The number of ether oxygens (including phenoxy) is 1. The van der Waals surface area contributed by atoms with Crippen LogP contribution in [-0.2, 0) is 9.53 Å². The maximum atomic E-state index is 12.4. The monoisotopic (exact) mass is 383 g/mol. The van der Waals surface area contributed by atoms with Crippen LogP contribution < -0.4 is 5.32 Å². The van der Waals surface area contributed by atoms with Gasteiger partial charge in [-0.15, -0.1) is 0 Å². The average Bonchev–Trinajstić information content (AvgIpc) is 2.97. The van der Waals surface area contributed by atoms with Crippen LogP contribution >= 0.6 is 11.6 Å². The average molecular weight is 384 g/mol. The number of nitrogens with one attached hydrogen (secondary N) is 1. The van der Waals surface area contributed by atoms with Crippen molar-refractivity contribution in [3.8, 4) is 5.69 Å². The van der Waals surface area contributed by atoms with Crippen LogP contribution in [0.25, 0.3) is 5.69 Å². The number of amides is 1. The molecule has 0 atom stereocenters. The van der Waals surface area contributed by atoms with Gasteiger partial charge in [0.25, 0.3) is 5.91 Å².